The van der Waals surface area contributed by atoms with E-state index < -0.39 is 6.09 Å². The summed E-state index contributed by atoms with van der Waals surface area (Å²) >= 11 is 0. The fourth-order valence-electron chi connectivity index (χ4n) is 2.83. The molecule has 0 bridgehead atoms. The summed E-state index contributed by atoms with van der Waals surface area (Å²) in [7, 11) is 0. The molecule has 3 rings (SSSR count). The van der Waals surface area contributed by atoms with Gasteiger partial charge in [0, 0.05) is 13.1 Å². The van der Waals surface area contributed by atoms with Gasteiger partial charge in [0.2, 0.25) is 0 Å². The number of hydrogen-bond acceptors (Lipinski definition) is 1. The molecule has 2 aliphatic rings. The van der Waals surface area contributed by atoms with E-state index in [4.69, 9.17) is 5.11 Å². The molecule has 1 aromatic carbocycles. The highest BCUT2D eigenvalue weighted by Gasteiger charge is 2.23. The minimum absolute atomic E-state index is 0.508. The molecule has 2 fully saturated rings. The molecule has 1 amide bonds. The van der Waals surface area contributed by atoms with Crippen molar-refractivity contribution in [3.63, 3.8) is 0 Å². The first-order valence-electron chi connectivity index (χ1n) is 7.48. The summed E-state index contributed by atoms with van der Waals surface area (Å²) in [5.74, 6) is 1.32. The number of allylic oxidation sites excluding steroid dienone is 1. The Balaban J connectivity index is 1.53. The van der Waals surface area contributed by atoms with Gasteiger partial charge in [-0.15, -0.1) is 0 Å². The number of amides is 1. The first kappa shape index (κ1) is 13.2. The summed E-state index contributed by atoms with van der Waals surface area (Å²) in [5, 5.41) is 8.92. The predicted molar refractivity (Wildman–Crippen MR) is 79.8 cm³/mol. The van der Waals surface area contributed by atoms with Crippen molar-refractivity contribution in [1.82, 2.24) is 4.90 Å². The minimum atomic E-state index is -0.789. The number of benzene rings is 1. The van der Waals surface area contributed by atoms with Gasteiger partial charge in [0.05, 0.1) is 0 Å². The lowest BCUT2D eigenvalue weighted by atomic mass is 9.95. The van der Waals surface area contributed by atoms with Gasteiger partial charge in [-0.05, 0) is 48.6 Å². The molecule has 0 unspecified atom stereocenters. The van der Waals surface area contributed by atoms with E-state index in [1.165, 1.54) is 28.9 Å². The topological polar surface area (TPSA) is 40.5 Å². The number of rotatable bonds is 3. The highest BCUT2D eigenvalue weighted by atomic mass is 16.4. The molecule has 0 aromatic heterocycles. The smallest absolute Gasteiger partial charge is 0.407 e. The lowest BCUT2D eigenvalue weighted by Crippen LogP contribution is -2.36. The Hall–Kier alpha value is -1.77. The summed E-state index contributed by atoms with van der Waals surface area (Å²) in [6, 6.07) is 8.86. The molecule has 20 heavy (non-hydrogen) atoms. The summed E-state index contributed by atoms with van der Waals surface area (Å²) in [6.45, 7) is 1.32. The minimum Gasteiger partial charge on any atom is -0.465 e. The van der Waals surface area contributed by atoms with Crippen LogP contribution in [0.15, 0.2) is 30.3 Å². The average Bonchev–Trinajstić information content (AvgIpc) is 3.31. The van der Waals surface area contributed by atoms with Crippen LogP contribution >= 0.6 is 0 Å². The van der Waals surface area contributed by atoms with Crippen LogP contribution in [0.1, 0.15) is 42.7 Å². The average molecular weight is 271 g/mol. The van der Waals surface area contributed by atoms with Crippen LogP contribution in [-0.2, 0) is 0 Å². The van der Waals surface area contributed by atoms with Crippen molar-refractivity contribution in [3.05, 3.63) is 41.5 Å². The number of nitrogens with zero attached hydrogens (tertiary/aromatic N) is 1. The van der Waals surface area contributed by atoms with E-state index in [0.29, 0.717) is 19.0 Å². The molecule has 1 aromatic rings. The van der Waals surface area contributed by atoms with E-state index in [0.717, 1.165) is 18.8 Å². The van der Waals surface area contributed by atoms with Gasteiger partial charge in [-0.1, -0.05) is 36.4 Å². The van der Waals surface area contributed by atoms with Gasteiger partial charge in [0.25, 0.3) is 0 Å². The summed E-state index contributed by atoms with van der Waals surface area (Å²) < 4.78 is 0. The van der Waals surface area contributed by atoms with E-state index >= 15 is 0 Å². The lowest BCUT2D eigenvalue weighted by molar-refractivity contribution is 0.129. The first-order chi connectivity index (χ1) is 9.72. The van der Waals surface area contributed by atoms with Crippen molar-refractivity contribution in [1.29, 1.82) is 0 Å². The third-order valence-electron chi connectivity index (χ3n) is 4.36. The zero-order valence-corrected chi connectivity index (χ0v) is 11.7. The molecule has 1 saturated carbocycles. The zero-order chi connectivity index (χ0) is 13.9. The number of likely N-dealkylation sites (tertiary alicyclic amines) is 1. The summed E-state index contributed by atoms with van der Waals surface area (Å²) in [4.78, 5) is 12.3. The molecule has 1 N–H and O–H groups in total. The maximum absolute atomic E-state index is 10.8. The fraction of sp³-hybridized carbons (Fsp3) is 0.471. The van der Waals surface area contributed by atoms with E-state index in [-0.39, 0.29) is 0 Å². The van der Waals surface area contributed by atoms with Crippen molar-refractivity contribution in [2.45, 2.75) is 31.6 Å². The summed E-state index contributed by atoms with van der Waals surface area (Å²) in [5.41, 5.74) is 2.71. The maximum Gasteiger partial charge on any atom is 0.407 e. The third-order valence-corrected chi connectivity index (χ3v) is 4.36. The van der Waals surface area contributed by atoms with Gasteiger partial charge in [-0.25, -0.2) is 4.79 Å². The Labute approximate surface area is 119 Å². The molecule has 0 spiro atoms. The Morgan fingerprint density at radius 2 is 1.75 bits per heavy atom. The molecule has 3 heteroatoms. The van der Waals surface area contributed by atoms with Crippen molar-refractivity contribution < 1.29 is 9.90 Å². The van der Waals surface area contributed by atoms with Crippen molar-refractivity contribution in [3.8, 4) is 0 Å². The molecule has 1 aliphatic carbocycles. The Kier molecular flexibility index (Phi) is 3.77. The van der Waals surface area contributed by atoms with Gasteiger partial charge < -0.3 is 10.0 Å². The lowest BCUT2D eigenvalue weighted by Gasteiger charge is -2.28. The fourth-order valence-corrected chi connectivity index (χ4v) is 2.83. The molecule has 106 valence electrons. The third kappa shape index (κ3) is 3.21. The normalized spacial score (nSPS) is 20.5. The monoisotopic (exact) mass is 271 g/mol. The number of hydrogen-bond donors (Lipinski definition) is 1. The van der Waals surface area contributed by atoms with Crippen LogP contribution < -0.4 is 0 Å². The van der Waals surface area contributed by atoms with E-state index in [1.54, 1.807) is 0 Å². The molecule has 0 radical (unpaired) electrons. The Morgan fingerprint density at radius 3 is 2.30 bits per heavy atom. The van der Waals surface area contributed by atoms with E-state index in [1.807, 2.05) is 0 Å². The van der Waals surface area contributed by atoms with Crippen LogP contribution in [0.2, 0.25) is 0 Å². The van der Waals surface area contributed by atoms with Crippen LogP contribution in [0.25, 0.3) is 6.08 Å². The van der Waals surface area contributed by atoms with Crippen LogP contribution in [0.5, 0.6) is 0 Å². The predicted octanol–water partition coefficient (Wildman–Crippen LogP) is 3.97. The number of carboxylic acid groups (broad SMARTS) is 1. The molecule has 1 heterocycles. The second-order valence-electron chi connectivity index (χ2n) is 5.91. The van der Waals surface area contributed by atoms with Crippen LogP contribution in [0.4, 0.5) is 4.79 Å². The molecule has 1 aliphatic heterocycles. The van der Waals surface area contributed by atoms with Crippen molar-refractivity contribution >= 4 is 12.2 Å². The second-order valence-corrected chi connectivity index (χ2v) is 5.91. The number of carbonyl (C=O) groups is 1. The number of piperidine rings is 1. The van der Waals surface area contributed by atoms with Gasteiger partial charge in [0.15, 0.2) is 0 Å². The molecular formula is C17H21NO2. The highest BCUT2D eigenvalue weighted by molar-refractivity contribution is 5.65. The quantitative estimate of drug-likeness (QED) is 0.903. The first-order valence-corrected chi connectivity index (χ1v) is 7.48. The van der Waals surface area contributed by atoms with Crippen LogP contribution in [0.3, 0.4) is 0 Å². The largest absolute Gasteiger partial charge is 0.465 e. The van der Waals surface area contributed by atoms with E-state index in [9.17, 15) is 4.79 Å². The molecule has 0 atom stereocenters. The van der Waals surface area contributed by atoms with Gasteiger partial charge in [-0.2, -0.15) is 0 Å². The van der Waals surface area contributed by atoms with E-state index in [2.05, 4.69) is 36.4 Å². The maximum atomic E-state index is 10.8. The summed E-state index contributed by atoms with van der Waals surface area (Å²) in [6.07, 6.45) is 8.19. The van der Waals surface area contributed by atoms with Crippen molar-refractivity contribution in [2.75, 3.05) is 13.1 Å². The molecular weight excluding hydrogens is 250 g/mol. The highest BCUT2D eigenvalue weighted by Crippen LogP contribution is 2.39. The van der Waals surface area contributed by atoms with Crippen LogP contribution in [-0.4, -0.2) is 29.2 Å². The molecule has 3 nitrogen and oxygen atoms in total. The standard InChI is InChI=1S/C17H21NO2/c19-17(20)18-11-9-14(10-12-18)2-1-13-3-5-15(6-4-13)16-7-8-16/h1-6,14,16H,7-12H2,(H,19,20). The molecule has 1 saturated heterocycles. The second kappa shape index (κ2) is 5.70. The Morgan fingerprint density at radius 1 is 1.10 bits per heavy atom. The van der Waals surface area contributed by atoms with Crippen molar-refractivity contribution in [2.24, 2.45) is 5.92 Å². The SMILES string of the molecule is O=C(O)N1CCC(C=Cc2ccc(C3CC3)cc2)CC1. The van der Waals surface area contributed by atoms with Gasteiger partial charge in [-0.3, -0.25) is 0 Å². The van der Waals surface area contributed by atoms with Crippen LogP contribution in [0, 0.1) is 5.92 Å². The van der Waals surface area contributed by atoms with Gasteiger partial charge >= 0.3 is 6.09 Å². The zero-order valence-electron chi connectivity index (χ0n) is 11.7. The Bertz CT molecular complexity index is 494. The van der Waals surface area contributed by atoms with Gasteiger partial charge in [0.1, 0.15) is 0 Å².